The van der Waals surface area contributed by atoms with Crippen LogP contribution in [0.25, 0.3) is 22.6 Å². The minimum absolute atomic E-state index is 0.00763. The number of thiophene rings is 1. The smallest absolute Gasteiger partial charge is 0.256 e. The number of nitrogens with zero attached hydrogens (tertiary/aromatic N) is 1. The van der Waals surface area contributed by atoms with Crippen LogP contribution in [-0.4, -0.2) is 16.8 Å². The van der Waals surface area contributed by atoms with E-state index in [2.05, 4.69) is 22.8 Å². The van der Waals surface area contributed by atoms with E-state index in [9.17, 15) is 14.0 Å². The molecule has 2 aromatic carbocycles. The lowest BCUT2D eigenvalue weighted by molar-refractivity contribution is -0.114. The summed E-state index contributed by atoms with van der Waals surface area (Å²) in [5.41, 5.74) is 4.42. The average molecular weight is 458 g/mol. The van der Waals surface area contributed by atoms with Crippen LogP contribution in [0.5, 0.6) is 0 Å². The van der Waals surface area contributed by atoms with Crippen LogP contribution in [0.3, 0.4) is 0 Å². The van der Waals surface area contributed by atoms with Gasteiger partial charge in [0, 0.05) is 22.9 Å². The van der Waals surface area contributed by atoms with Gasteiger partial charge in [-0.25, -0.2) is 9.37 Å². The van der Waals surface area contributed by atoms with Crippen LogP contribution in [0.2, 0.25) is 0 Å². The molecule has 0 spiro atoms. The minimum Gasteiger partial charge on any atom is -0.326 e. The predicted octanol–water partition coefficient (Wildman–Crippen LogP) is 6.13. The van der Waals surface area contributed by atoms with Crippen molar-refractivity contribution in [2.24, 2.45) is 0 Å². The summed E-state index contributed by atoms with van der Waals surface area (Å²) in [5, 5.41) is 8.07. The number of aromatic nitrogens is 1. The summed E-state index contributed by atoms with van der Waals surface area (Å²) in [6.07, 6.45) is 3.58. The summed E-state index contributed by atoms with van der Waals surface area (Å²) in [4.78, 5) is 30.9. The van der Waals surface area contributed by atoms with E-state index in [1.165, 1.54) is 25.1 Å². The van der Waals surface area contributed by atoms with Crippen LogP contribution < -0.4 is 10.6 Å². The Morgan fingerprint density at radius 1 is 1.06 bits per heavy atom. The van der Waals surface area contributed by atoms with Crippen molar-refractivity contribution in [1.29, 1.82) is 0 Å². The quantitative estimate of drug-likeness (QED) is 0.387. The van der Waals surface area contributed by atoms with Crippen molar-refractivity contribution in [1.82, 2.24) is 4.98 Å². The lowest BCUT2D eigenvalue weighted by atomic mass is 10.00. The highest BCUT2D eigenvalue weighted by molar-refractivity contribution is 7.10. The molecule has 1 aliphatic rings. The van der Waals surface area contributed by atoms with Gasteiger partial charge in [-0.2, -0.15) is 0 Å². The van der Waals surface area contributed by atoms with Crippen LogP contribution in [0.1, 0.15) is 39.8 Å². The molecule has 0 atom stereocenters. The van der Waals surface area contributed by atoms with Crippen molar-refractivity contribution in [3.05, 3.63) is 87.5 Å². The Balaban J connectivity index is 1.59. The summed E-state index contributed by atoms with van der Waals surface area (Å²) >= 11 is 1.65. The molecule has 0 fully saturated rings. The zero-order valence-electron chi connectivity index (χ0n) is 17.8. The molecule has 2 aromatic heterocycles. The lowest BCUT2D eigenvalue weighted by Crippen LogP contribution is -2.17. The first kappa shape index (κ1) is 21.0. The third kappa shape index (κ3) is 4.15. The summed E-state index contributed by atoms with van der Waals surface area (Å²) in [6.45, 7) is 1.37. The number of anilines is 2. The third-order valence-corrected chi connectivity index (χ3v) is 6.38. The number of halogens is 1. The Kier molecular flexibility index (Phi) is 5.48. The zero-order chi connectivity index (χ0) is 22.9. The fraction of sp³-hybridized carbons (Fsp3) is 0.115. The molecule has 7 heteroatoms. The second-order valence-electron chi connectivity index (χ2n) is 7.85. The molecule has 0 bridgehead atoms. The fourth-order valence-corrected chi connectivity index (χ4v) is 4.85. The predicted molar refractivity (Wildman–Crippen MR) is 131 cm³/mol. The number of nitrogens with one attached hydrogen (secondary N) is 2. The maximum Gasteiger partial charge on any atom is 0.256 e. The van der Waals surface area contributed by atoms with Gasteiger partial charge in [-0.3, -0.25) is 9.59 Å². The molecule has 2 heterocycles. The van der Waals surface area contributed by atoms with Gasteiger partial charge < -0.3 is 10.6 Å². The molecule has 1 aliphatic carbocycles. The molecule has 164 valence electrons. The van der Waals surface area contributed by atoms with Crippen molar-refractivity contribution in [3.63, 3.8) is 0 Å². The van der Waals surface area contributed by atoms with Crippen LogP contribution in [-0.2, 0) is 11.2 Å². The highest BCUT2D eigenvalue weighted by Gasteiger charge is 2.27. The number of pyridine rings is 1. The van der Waals surface area contributed by atoms with Gasteiger partial charge in [-0.15, -0.1) is 11.3 Å². The molecule has 2 N–H and O–H groups in total. The van der Waals surface area contributed by atoms with Gasteiger partial charge in [0.2, 0.25) is 5.91 Å². The topological polar surface area (TPSA) is 71.1 Å². The van der Waals surface area contributed by atoms with Crippen molar-refractivity contribution in [3.8, 4) is 0 Å². The first-order valence-corrected chi connectivity index (χ1v) is 11.4. The number of rotatable bonds is 4. The summed E-state index contributed by atoms with van der Waals surface area (Å²) in [7, 11) is 0. The molecular weight excluding hydrogens is 437 g/mol. The molecule has 2 amide bonds. The number of hydrogen-bond acceptors (Lipinski definition) is 4. The number of allylic oxidation sites excluding steroid dienone is 1. The van der Waals surface area contributed by atoms with Crippen molar-refractivity contribution >= 4 is 57.1 Å². The van der Waals surface area contributed by atoms with Gasteiger partial charge in [-0.05, 0) is 65.8 Å². The van der Waals surface area contributed by atoms with Crippen molar-refractivity contribution in [2.75, 3.05) is 10.6 Å². The molecule has 5 rings (SSSR count). The molecular formula is C26H20FN3O2S. The molecule has 0 saturated heterocycles. The first-order chi connectivity index (χ1) is 16.0. The van der Waals surface area contributed by atoms with E-state index < -0.39 is 11.7 Å². The van der Waals surface area contributed by atoms with E-state index in [-0.39, 0.29) is 11.6 Å². The maximum absolute atomic E-state index is 14.5. The van der Waals surface area contributed by atoms with Gasteiger partial charge in [0.05, 0.1) is 22.5 Å². The molecule has 5 nitrogen and oxygen atoms in total. The van der Waals surface area contributed by atoms with Crippen LogP contribution in [0.15, 0.2) is 60.0 Å². The second kappa shape index (κ2) is 8.60. The number of amides is 2. The molecule has 0 radical (unpaired) electrons. The summed E-state index contributed by atoms with van der Waals surface area (Å²) < 4.78 is 14.5. The highest BCUT2D eigenvalue weighted by atomic mass is 32.1. The van der Waals surface area contributed by atoms with E-state index in [1.807, 2.05) is 35.7 Å². The van der Waals surface area contributed by atoms with Crippen LogP contribution in [0.4, 0.5) is 15.8 Å². The standard InChI is InChI=1S/C26H20FN3O2S/c1-15(31)28-17-9-11-21(27)23(14-17)30-26(32)24-19-6-2-3-7-22(19)29-25-16(8-10-20(24)25)13-18-5-4-12-33-18/h2-7,9,11-14H,8,10H2,1H3,(H,28,31)(H,30,32)/b16-13-. The summed E-state index contributed by atoms with van der Waals surface area (Å²) in [6, 6.07) is 15.6. The highest BCUT2D eigenvalue weighted by Crippen LogP contribution is 2.38. The Labute approximate surface area is 194 Å². The van der Waals surface area contributed by atoms with Gasteiger partial charge in [0.25, 0.3) is 5.91 Å². The monoisotopic (exact) mass is 457 g/mol. The zero-order valence-corrected chi connectivity index (χ0v) is 18.6. The van der Waals surface area contributed by atoms with Crippen molar-refractivity contribution in [2.45, 2.75) is 19.8 Å². The van der Waals surface area contributed by atoms with E-state index in [0.717, 1.165) is 33.5 Å². The SMILES string of the molecule is CC(=O)Nc1ccc(F)c(NC(=O)c2c3c(nc4ccccc24)/C(=C\c2cccs2)CC3)c1. The van der Waals surface area contributed by atoms with E-state index in [4.69, 9.17) is 4.98 Å². The van der Waals surface area contributed by atoms with E-state index in [1.54, 1.807) is 11.3 Å². The Morgan fingerprint density at radius 2 is 1.91 bits per heavy atom. The number of carbonyl (C=O) groups is 2. The van der Waals surface area contributed by atoms with Crippen molar-refractivity contribution < 1.29 is 14.0 Å². The number of fused-ring (bicyclic) bond motifs is 2. The van der Waals surface area contributed by atoms with E-state index >= 15 is 0 Å². The first-order valence-electron chi connectivity index (χ1n) is 10.5. The number of carbonyl (C=O) groups excluding carboxylic acids is 2. The fourth-order valence-electron chi connectivity index (χ4n) is 4.17. The maximum atomic E-state index is 14.5. The molecule has 0 saturated carbocycles. The molecule has 4 aromatic rings. The second-order valence-corrected chi connectivity index (χ2v) is 8.83. The minimum atomic E-state index is -0.578. The number of para-hydroxylation sites is 1. The lowest BCUT2D eigenvalue weighted by Gasteiger charge is -2.14. The number of hydrogen-bond donors (Lipinski definition) is 2. The Morgan fingerprint density at radius 3 is 2.70 bits per heavy atom. The Hall–Kier alpha value is -3.84. The van der Waals surface area contributed by atoms with Crippen LogP contribution in [0, 0.1) is 5.82 Å². The Bertz CT molecular complexity index is 1430. The summed E-state index contributed by atoms with van der Waals surface area (Å²) in [5.74, 6) is -1.26. The third-order valence-electron chi connectivity index (χ3n) is 5.56. The van der Waals surface area contributed by atoms with Crippen LogP contribution >= 0.6 is 11.3 Å². The van der Waals surface area contributed by atoms with Gasteiger partial charge in [0.1, 0.15) is 5.82 Å². The molecule has 0 unspecified atom stereocenters. The largest absolute Gasteiger partial charge is 0.326 e. The molecule has 33 heavy (non-hydrogen) atoms. The molecule has 0 aliphatic heterocycles. The van der Waals surface area contributed by atoms with Gasteiger partial charge in [-0.1, -0.05) is 24.3 Å². The number of benzene rings is 2. The normalized spacial score (nSPS) is 13.8. The van der Waals surface area contributed by atoms with Gasteiger partial charge in [0.15, 0.2) is 0 Å². The van der Waals surface area contributed by atoms with Gasteiger partial charge >= 0.3 is 0 Å². The average Bonchev–Trinajstić information content (AvgIpc) is 3.44. The van der Waals surface area contributed by atoms with E-state index in [0.29, 0.717) is 23.2 Å².